The van der Waals surface area contributed by atoms with E-state index in [2.05, 4.69) is 15.9 Å². The zero-order valence-corrected chi connectivity index (χ0v) is 11.4. The molecule has 0 fully saturated rings. The van der Waals surface area contributed by atoms with E-state index in [-0.39, 0.29) is 0 Å². The number of halogens is 4. The molecule has 18 heavy (non-hydrogen) atoms. The fraction of sp³-hybridized carbons (Fsp3) is 0.167. The van der Waals surface area contributed by atoms with Crippen LogP contribution in [0, 0.1) is 0 Å². The summed E-state index contributed by atoms with van der Waals surface area (Å²) in [5.74, 6) is 0. The van der Waals surface area contributed by atoms with Crippen LogP contribution in [0.25, 0.3) is 0 Å². The van der Waals surface area contributed by atoms with Crippen LogP contribution in [0.4, 0.5) is 13.2 Å². The molecule has 1 aromatic heterocycles. The Kier molecular flexibility index (Phi) is 3.79. The second-order valence-electron chi connectivity index (χ2n) is 3.76. The molecule has 0 radical (unpaired) electrons. The molecule has 0 spiro atoms. The maximum Gasteiger partial charge on any atom is 0.416 e. The lowest BCUT2D eigenvalue weighted by Crippen LogP contribution is -2.13. The van der Waals surface area contributed by atoms with Gasteiger partial charge in [-0.3, -0.25) is 0 Å². The lowest BCUT2D eigenvalue weighted by molar-refractivity contribution is -0.137. The van der Waals surface area contributed by atoms with Crippen molar-refractivity contribution >= 4 is 27.3 Å². The van der Waals surface area contributed by atoms with Crippen molar-refractivity contribution in [2.24, 2.45) is 5.73 Å². The van der Waals surface area contributed by atoms with Crippen LogP contribution < -0.4 is 5.73 Å². The van der Waals surface area contributed by atoms with E-state index in [1.165, 1.54) is 11.3 Å². The summed E-state index contributed by atoms with van der Waals surface area (Å²) in [6, 6.07) is 6.84. The maximum atomic E-state index is 12.7. The normalized spacial score (nSPS) is 13.6. The zero-order chi connectivity index (χ0) is 13.3. The van der Waals surface area contributed by atoms with Gasteiger partial charge in [0, 0.05) is 9.35 Å². The average molecular weight is 336 g/mol. The van der Waals surface area contributed by atoms with Gasteiger partial charge in [0.1, 0.15) is 0 Å². The molecule has 1 aromatic carbocycles. The second kappa shape index (κ2) is 5.03. The van der Waals surface area contributed by atoms with Crippen molar-refractivity contribution in [3.63, 3.8) is 0 Å². The standard InChI is InChI=1S/C12H9BrF3NS/c13-9-5-7(4-8(6-9)12(14,15)16)11(17)10-2-1-3-18-10/h1-6,11H,17H2/t11-/m1/s1. The summed E-state index contributed by atoms with van der Waals surface area (Å²) >= 11 is 4.51. The average Bonchev–Trinajstić information content (AvgIpc) is 2.79. The summed E-state index contributed by atoms with van der Waals surface area (Å²) in [5.41, 5.74) is 5.71. The molecule has 2 rings (SSSR count). The van der Waals surface area contributed by atoms with E-state index in [1.54, 1.807) is 6.07 Å². The molecular formula is C12H9BrF3NS. The first-order valence-electron chi connectivity index (χ1n) is 5.04. The molecule has 1 heterocycles. The molecule has 2 N–H and O–H groups in total. The fourth-order valence-corrected chi connectivity index (χ4v) is 2.85. The van der Waals surface area contributed by atoms with Crippen LogP contribution >= 0.6 is 27.3 Å². The van der Waals surface area contributed by atoms with Gasteiger partial charge in [-0.15, -0.1) is 11.3 Å². The van der Waals surface area contributed by atoms with Crippen molar-refractivity contribution in [1.82, 2.24) is 0 Å². The van der Waals surface area contributed by atoms with Gasteiger partial charge in [0.2, 0.25) is 0 Å². The Morgan fingerprint density at radius 3 is 2.50 bits per heavy atom. The van der Waals surface area contributed by atoms with E-state index >= 15 is 0 Å². The van der Waals surface area contributed by atoms with Crippen LogP contribution in [-0.2, 0) is 6.18 Å². The molecule has 0 aliphatic rings. The van der Waals surface area contributed by atoms with E-state index in [0.717, 1.165) is 17.0 Å². The number of benzene rings is 1. The SMILES string of the molecule is N[C@H](c1cc(Br)cc(C(F)(F)F)c1)c1cccs1. The van der Waals surface area contributed by atoms with Gasteiger partial charge in [-0.25, -0.2) is 0 Å². The number of rotatable bonds is 2. The topological polar surface area (TPSA) is 26.0 Å². The van der Waals surface area contributed by atoms with Crippen LogP contribution in [0.15, 0.2) is 40.2 Å². The van der Waals surface area contributed by atoms with Crippen molar-refractivity contribution < 1.29 is 13.2 Å². The summed E-state index contributed by atoms with van der Waals surface area (Å²) in [6.45, 7) is 0. The highest BCUT2D eigenvalue weighted by Crippen LogP contribution is 2.34. The predicted octanol–water partition coefficient (Wildman–Crippen LogP) is 4.58. The Balaban J connectivity index is 2.43. The minimum Gasteiger partial charge on any atom is -0.320 e. The molecule has 0 amide bonds. The molecule has 0 saturated heterocycles. The van der Waals surface area contributed by atoms with Gasteiger partial charge in [-0.1, -0.05) is 22.0 Å². The monoisotopic (exact) mass is 335 g/mol. The minimum absolute atomic E-state index is 0.374. The van der Waals surface area contributed by atoms with E-state index in [9.17, 15) is 13.2 Å². The predicted molar refractivity (Wildman–Crippen MR) is 69.5 cm³/mol. The fourth-order valence-electron chi connectivity index (χ4n) is 1.59. The molecule has 0 aliphatic carbocycles. The molecule has 2 aromatic rings. The summed E-state index contributed by atoms with van der Waals surface area (Å²) in [7, 11) is 0. The van der Waals surface area contributed by atoms with Gasteiger partial charge >= 0.3 is 6.18 Å². The van der Waals surface area contributed by atoms with Crippen LogP contribution in [0.5, 0.6) is 0 Å². The third kappa shape index (κ3) is 2.93. The number of hydrogen-bond donors (Lipinski definition) is 1. The molecule has 96 valence electrons. The number of alkyl halides is 3. The van der Waals surface area contributed by atoms with Crippen molar-refractivity contribution in [2.75, 3.05) is 0 Å². The highest BCUT2D eigenvalue weighted by atomic mass is 79.9. The number of hydrogen-bond acceptors (Lipinski definition) is 2. The van der Waals surface area contributed by atoms with E-state index in [0.29, 0.717) is 10.0 Å². The van der Waals surface area contributed by atoms with Gasteiger partial charge in [-0.05, 0) is 35.2 Å². The molecule has 0 saturated carbocycles. The quantitative estimate of drug-likeness (QED) is 0.854. The van der Waals surface area contributed by atoms with Gasteiger partial charge in [-0.2, -0.15) is 13.2 Å². The van der Waals surface area contributed by atoms with Crippen LogP contribution in [-0.4, -0.2) is 0 Å². The molecule has 1 nitrogen and oxygen atoms in total. The van der Waals surface area contributed by atoms with Crippen molar-refractivity contribution in [2.45, 2.75) is 12.2 Å². The number of nitrogens with two attached hydrogens (primary N) is 1. The van der Waals surface area contributed by atoms with Crippen molar-refractivity contribution in [3.8, 4) is 0 Å². The second-order valence-corrected chi connectivity index (χ2v) is 5.66. The Morgan fingerprint density at radius 1 is 1.22 bits per heavy atom. The van der Waals surface area contributed by atoms with Crippen LogP contribution in [0.2, 0.25) is 0 Å². The third-order valence-electron chi connectivity index (χ3n) is 2.46. The zero-order valence-electron chi connectivity index (χ0n) is 9.04. The minimum atomic E-state index is -4.37. The maximum absolute atomic E-state index is 12.7. The summed E-state index contributed by atoms with van der Waals surface area (Å²) in [5, 5.41) is 1.85. The van der Waals surface area contributed by atoms with Gasteiger partial charge in [0.05, 0.1) is 11.6 Å². The number of thiophene rings is 1. The molecule has 1 atom stereocenters. The highest BCUT2D eigenvalue weighted by molar-refractivity contribution is 9.10. The van der Waals surface area contributed by atoms with Gasteiger partial charge in [0.15, 0.2) is 0 Å². The summed E-state index contributed by atoms with van der Waals surface area (Å²) < 4.78 is 38.5. The van der Waals surface area contributed by atoms with E-state index in [1.807, 2.05) is 17.5 Å². The first-order valence-corrected chi connectivity index (χ1v) is 6.72. The smallest absolute Gasteiger partial charge is 0.320 e. The van der Waals surface area contributed by atoms with Gasteiger partial charge < -0.3 is 5.73 Å². The van der Waals surface area contributed by atoms with E-state index < -0.39 is 17.8 Å². The molecular weight excluding hydrogens is 327 g/mol. The van der Waals surface area contributed by atoms with Crippen LogP contribution in [0.3, 0.4) is 0 Å². The van der Waals surface area contributed by atoms with E-state index in [4.69, 9.17) is 5.73 Å². The Hall–Kier alpha value is -0.850. The molecule has 6 heteroatoms. The highest BCUT2D eigenvalue weighted by Gasteiger charge is 2.31. The first-order chi connectivity index (χ1) is 8.38. The summed E-state index contributed by atoms with van der Waals surface area (Å²) in [4.78, 5) is 0.834. The largest absolute Gasteiger partial charge is 0.416 e. The Labute approximate surface area is 115 Å². The third-order valence-corrected chi connectivity index (χ3v) is 3.87. The summed E-state index contributed by atoms with van der Waals surface area (Å²) in [6.07, 6.45) is -4.37. The Bertz CT molecular complexity index is 537. The molecule has 0 aliphatic heterocycles. The van der Waals surface area contributed by atoms with Crippen molar-refractivity contribution in [3.05, 3.63) is 56.2 Å². The Morgan fingerprint density at radius 2 is 1.94 bits per heavy atom. The van der Waals surface area contributed by atoms with Crippen molar-refractivity contribution in [1.29, 1.82) is 0 Å². The van der Waals surface area contributed by atoms with Gasteiger partial charge in [0.25, 0.3) is 0 Å². The lowest BCUT2D eigenvalue weighted by Gasteiger charge is -2.14. The molecule has 0 bridgehead atoms. The molecule has 0 unspecified atom stereocenters. The lowest BCUT2D eigenvalue weighted by atomic mass is 10.0. The first kappa shape index (κ1) is 13.6. The van der Waals surface area contributed by atoms with Crippen LogP contribution in [0.1, 0.15) is 22.0 Å².